The van der Waals surface area contributed by atoms with E-state index in [9.17, 15) is 8.42 Å². The van der Waals surface area contributed by atoms with Crippen LogP contribution in [-0.4, -0.2) is 23.2 Å². The van der Waals surface area contributed by atoms with Crippen molar-refractivity contribution in [2.45, 2.75) is 42.9 Å². The molecule has 2 heterocycles. The first-order valence-corrected chi connectivity index (χ1v) is 11.9. The molecule has 3 aromatic carbocycles. The summed E-state index contributed by atoms with van der Waals surface area (Å²) in [5.74, 6) is 1.13. The molecule has 0 saturated carbocycles. The largest absolute Gasteiger partial charge is 0.320 e. The van der Waals surface area contributed by atoms with Crippen LogP contribution in [0.5, 0.6) is 0 Å². The maximum Gasteiger partial charge on any atom is 0.180 e. The summed E-state index contributed by atoms with van der Waals surface area (Å²) in [6.45, 7) is 3.42. The molecule has 1 aliphatic rings. The molecule has 1 aromatic heterocycles. The van der Waals surface area contributed by atoms with Crippen molar-refractivity contribution in [3.8, 4) is 11.1 Å². The van der Waals surface area contributed by atoms with Gasteiger partial charge in [-0.3, -0.25) is 0 Å². The second-order valence-corrected chi connectivity index (χ2v) is 10.7. The van der Waals surface area contributed by atoms with Crippen molar-refractivity contribution in [3.63, 3.8) is 0 Å². The Morgan fingerprint density at radius 1 is 0.933 bits per heavy atom. The molecule has 0 aliphatic carbocycles. The lowest BCUT2D eigenvalue weighted by Crippen LogP contribution is -2.13. The van der Waals surface area contributed by atoms with Crippen molar-refractivity contribution in [1.82, 2.24) is 9.55 Å². The van der Waals surface area contributed by atoms with Gasteiger partial charge in [-0.1, -0.05) is 48.5 Å². The highest BCUT2D eigenvalue weighted by Gasteiger charge is 2.27. The Balaban J connectivity index is 1.57. The van der Waals surface area contributed by atoms with Crippen LogP contribution >= 0.6 is 0 Å². The second-order valence-electron chi connectivity index (χ2n) is 8.18. The molecule has 4 nitrogen and oxygen atoms in total. The van der Waals surface area contributed by atoms with Crippen molar-refractivity contribution < 1.29 is 8.42 Å². The SMILES string of the molecule is CC(C)S(=O)(=O)c1ccc(-c2ccc3nc4n(c3c2)C(c2ccccc2)CC4)cc1. The van der Waals surface area contributed by atoms with E-state index in [0.29, 0.717) is 10.9 Å². The number of aryl methyl sites for hydroxylation is 1. The molecular weight excluding hydrogens is 392 g/mol. The molecule has 0 radical (unpaired) electrons. The predicted octanol–water partition coefficient (Wildman–Crippen LogP) is 5.42. The van der Waals surface area contributed by atoms with Crippen LogP contribution in [0.25, 0.3) is 22.2 Å². The highest BCUT2D eigenvalue weighted by atomic mass is 32.2. The smallest absolute Gasteiger partial charge is 0.180 e. The zero-order chi connectivity index (χ0) is 20.9. The third-order valence-electron chi connectivity index (χ3n) is 6.04. The van der Waals surface area contributed by atoms with E-state index in [4.69, 9.17) is 4.98 Å². The van der Waals surface area contributed by atoms with Gasteiger partial charge in [-0.15, -0.1) is 0 Å². The van der Waals surface area contributed by atoms with Gasteiger partial charge in [0.2, 0.25) is 0 Å². The average Bonchev–Trinajstić information content (AvgIpc) is 3.33. The van der Waals surface area contributed by atoms with Gasteiger partial charge in [0.1, 0.15) is 5.82 Å². The molecule has 152 valence electrons. The monoisotopic (exact) mass is 416 g/mol. The third-order valence-corrected chi connectivity index (χ3v) is 8.21. The van der Waals surface area contributed by atoms with Gasteiger partial charge in [0, 0.05) is 6.42 Å². The fourth-order valence-corrected chi connectivity index (χ4v) is 5.40. The summed E-state index contributed by atoms with van der Waals surface area (Å²) in [6, 6.07) is 24.4. The van der Waals surface area contributed by atoms with Gasteiger partial charge in [0.05, 0.1) is 27.2 Å². The maximum atomic E-state index is 12.4. The summed E-state index contributed by atoms with van der Waals surface area (Å²) in [6.07, 6.45) is 2.04. The Morgan fingerprint density at radius 2 is 1.63 bits per heavy atom. The topological polar surface area (TPSA) is 52.0 Å². The Kier molecular flexibility index (Phi) is 4.51. The summed E-state index contributed by atoms with van der Waals surface area (Å²) < 4.78 is 27.2. The Labute approximate surface area is 177 Å². The normalized spacial score (nSPS) is 16.3. The number of sulfone groups is 1. The van der Waals surface area contributed by atoms with Crippen molar-refractivity contribution in [2.24, 2.45) is 0 Å². The van der Waals surface area contributed by atoms with E-state index in [-0.39, 0.29) is 0 Å². The van der Waals surface area contributed by atoms with Gasteiger partial charge in [-0.25, -0.2) is 13.4 Å². The molecule has 0 spiro atoms. The highest BCUT2D eigenvalue weighted by Crippen LogP contribution is 2.37. The summed E-state index contributed by atoms with van der Waals surface area (Å²) in [4.78, 5) is 5.23. The molecule has 0 bridgehead atoms. The van der Waals surface area contributed by atoms with Crippen LogP contribution in [0.3, 0.4) is 0 Å². The van der Waals surface area contributed by atoms with E-state index in [1.807, 2.05) is 18.2 Å². The standard InChI is InChI=1S/C25H24N2O2S/c1-17(2)30(28,29)21-11-8-18(9-12-21)20-10-13-22-24(16-20)27-23(14-15-25(27)26-22)19-6-4-3-5-7-19/h3-13,16-17,23H,14-15H2,1-2H3. The molecule has 5 rings (SSSR count). The predicted molar refractivity (Wildman–Crippen MR) is 120 cm³/mol. The van der Waals surface area contributed by atoms with Gasteiger partial charge in [0.15, 0.2) is 9.84 Å². The number of rotatable bonds is 4. The zero-order valence-corrected chi connectivity index (χ0v) is 17.9. The first kappa shape index (κ1) is 19.1. The van der Waals surface area contributed by atoms with Gasteiger partial charge >= 0.3 is 0 Å². The molecular formula is C25H24N2O2S. The van der Waals surface area contributed by atoms with Crippen LogP contribution in [0, 0.1) is 0 Å². The molecule has 1 unspecified atom stereocenters. The minimum Gasteiger partial charge on any atom is -0.320 e. The van der Waals surface area contributed by atoms with E-state index in [0.717, 1.165) is 40.8 Å². The molecule has 30 heavy (non-hydrogen) atoms. The number of hydrogen-bond acceptors (Lipinski definition) is 3. The van der Waals surface area contributed by atoms with E-state index < -0.39 is 15.1 Å². The van der Waals surface area contributed by atoms with Crippen molar-refractivity contribution >= 4 is 20.9 Å². The number of fused-ring (bicyclic) bond motifs is 3. The van der Waals surface area contributed by atoms with Crippen LogP contribution in [0.2, 0.25) is 0 Å². The Hall–Kier alpha value is -2.92. The Bertz CT molecular complexity index is 1320. The van der Waals surface area contributed by atoms with E-state index in [1.54, 1.807) is 26.0 Å². The third kappa shape index (κ3) is 3.05. The quantitative estimate of drug-likeness (QED) is 0.446. The summed E-state index contributed by atoms with van der Waals surface area (Å²) in [5, 5.41) is -0.427. The van der Waals surface area contributed by atoms with Crippen LogP contribution in [0.1, 0.15) is 37.7 Å². The molecule has 0 amide bonds. The van der Waals surface area contributed by atoms with Gasteiger partial charge in [0.25, 0.3) is 0 Å². The number of nitrogens with zero attached hydrogens (tertiary/aromatic N) is 2. The molecule has 1 atom stereocenters. The highest BCUT2D eigenvalue weighted by molar-refractivity contribution is 7.92. The van der Waals surface area contributed by atoms with Crippen LogP contribution in [0.15, 0.2) is 77.7 Å². The van der Waals surface area contributed by atoms with Gasteiger partial charge in [-0.05, 0) is 61.2 Å². The van der Waals surface area contributed by atoms with Crippen molar-refractivity contribution in [1.29, 1.82) is 0 Å². The first-order valence-electron chi connectivity index (χ1n) is 10.4. The first-order chi connectivity index (χ1) is 14.4. The molecule has 0 fully saturated rings. The minimum atomic E-state index is -3.26. The number of imidazole rings is 1. The zero-order valence-electron chi connectivity index (χ0n) is 17.1. The number of hydrogen-bond donors (Lipinski definition) is 0. The average molecular weight is 417 g/mol. The van der Waals surface area contributed by atoms with E-state index >= 15 is 0 Å². The van der Waals surface area contributed by atoms with Crippen molar-refractivity contribution in [2.75, 3.05) is 0 Å². The van der Waals surface area contributed by atoms with E-state index in [1.165, 1.54) is 5.56 Å². The van der Waals surface area contributed by atoms with Gasteiger partial charge in [-0.2, -0.15) is 0 Å². The summed E-state index contributed by atoms with van der Waals surface area (Å²) in [5.41, 5.74) is 5.52. The molecule has 0 N–H and O–H groups in total. The fourth-order valence-electron chi connectivity index (χ4n) is 4.34. The lowest BCUT2D eigenvalue weighted by molar-refractivity contribution is 0.587. The molecule has 1 aliphatic heterocycles. The maximum absolute atomic E-state index is 12.4. The summed E-state index contributed by atoms with van der Waals surface area (Å²) >= 11 is 0. The molecule has 5 heteroatoms. The lowest BCUT2D eigenvalue weighted by atomic mass is 10.0. The fraction of sp³-hybridized carbons (Fsp3) is 0.240. The van der Waals surface area contributed by atoms with Crippen LogP contribution in [0.4, 0.5) is 0 Å². The Morgan fingerprint density at radius 3 is 2.33 bits per heavy atom. The van der Waals surface area contributed by atoms with Crippen LogP contribution < -0.4 is 0 Å². The lowest BCUT2D eigenvalue weighted by Gasteiger charge is -2.15. The minimum absolute atomic E-state index is 0.306. The number of benzene rings is 3. The molecule has 0 saturated heterocycles. The van der Waals surface area contributed by atoms with Gasteiger partial charge < -0.3 is 4.57 Å². The van der Waals surface area contributed by atoms with Crippen LogP contribution in [-0.2, 0) is 16.3 Å². The van der Waals surface area contributed by atoms with E-state index in [2.05, 4.69) is 47.0 Å². The summed E-state index contributed by atoms with van der Waals surface area (Å²) in [7, 11) is -3.26. The van der Waals surface area contributed by atoms with Crippen molar-refractivity contribution in [3.05, 3.63) is 84.2 Å². The molecule has 4 aromatic rings. The number of aromatic nitrogens is 2. The second kappa shape index (κ2) is 7.10.